The first kappa shape index (κ1) is 10.7. The van der Waals surface area contributed by atoms with Gasteiger partial charge in [0.1, 0.15) is 4.83 Å². The van der Waals surface area contributed by atoms with E-state index in [4.69, 9.17) is 0 Å². The number of hydrogen-bond acceptors (Lipinski definition) is 2. The second-order valence-corrected chi connectivity index (χ2v) is 3.54. The summed E-state index contributed by atoms with van der Waals surface area (Å²) >= 11 is 3.22. The number of methoxy groups -OCH3 is 1. The fourth-order valence-electron chi connectivity index (χ4n) is 0.647. The van der Waals surface area contributed by atoms with E-state index in [1.807, 2.05) is 13.0 Å². The van der Waals surface area contributed by atoms with Gasteiger partial charge in [0.25, 0.3) is 0 Å². The molecule has 11 heavy (non-hydrogen) atoms. The van der Waals surface area contributed by atoms with Crippen LogP contribution in [0.25, 0.3) is 0 Å². The van der Waals surface area contributed by atoms with Crippen molar-refractivity contribution in [3.8, 4) is 0 Å². The van der Waals surface area contributed by atoms with Crippen LogP contribution in [0.4, 0.5) is 0 Å². The second kappa shape index (κ2) is 5.35. The van der Waals surface area contributed by atoms with E-state index in [9.17, 15) is 4.79 Å². The lowest BCUT2D eigenvalue weighted by Crippen LogP contribution is -2.17. The quantitative estimate of drug-likeness (QED) is 0.413. The predicted molar refractivity (Wildman–Crippen MR) is 48.7 cm³/mol. The largest absolute Gasteiger partial charge is 0.468 e. The van der Waals surface area contributed by atoms with Crippen LogP contribution >= 0.6 is 15.9 Å². The zero-order valence-electron chi connectivity index (χ0n) is 6.84. The number of carbonyl (C=O) groups excluding carboxylic acids is 1. The Hall–Kier alpha value is -0.310. The molecule has 64 valence electrons. The monoisotopic (exact) mass is 220 g/mol. The van der Waals surface area contributed by atoms with Gasteiger partial charge in [0.2, 0.25) is 0 Å². The van der Waals surface area contributed by atoms with Gasteiger partial charge in [-0.05, 0) is 12.3 Å². The van der Waals surface area contributed by atoms with Gasteiger partial charge in [0.05, 0.1) is 7.11 Å². The van der Waals surface area contributed by atoms with Crippen molar-refractivity contribution in [3.05, 3.63) is 12.7 Å². The highest BCUT2D eigenvalue weighted by Gasteiger charge is 2.16. The Morgan fingerprint density at radius 2 is 2.36 bits per heavy atom. The minimum Gasteiger partial charge on any atom is -0.468 e. The van der Waals surface area contributed by atoms with Gasteiger partial charge >= 0.3 is 5.97 Å². The van der Waals surface area contributed by atoms with Crippen LogP contribution in [0.5, 0.6) is 0 Å². The highest BCUT2D eigenvalue weighted by Crippen LogP contribution is 2.14. The van der Waals surface area contributed by atoms with Crippen LogP contribution in [0.3, 0.4) is 0 Å². The van der Waals surface area contributed by atoms with Gasteiger partial charge in [-0.2, -0.15) is 0 Å². The van der Waals surface area contributed by atoms with Crippen molar-refractivity contribution in [2.24, 2.45) is 5.92 Å². The minimum absolute atomic E-state index is 0.208. The zero-order chi connectivity index (χ0) is 8.85. The van der Waals surface area contributed by atoms with Gasteiger partial charge in [0, 0.05) is 0 Å². The Morgan fingerprint density at radius 1 is 1.82 bits per heavy atom. The predicted octanol–water partition coefficient (Wildman–Crippen LogP) is 2.14. The van der Waals surface area contributed by atoms with E-state index in [0.29, 0.717) is 5.92 Å². The van der Waals surface area contributed by atoms with Crippen LogP contribution in [0.1, 0.15) is 13.3 Å². The summed E-state index contributed by atoms with van der Waals surface area (Å²) in [4.78, 5) is 10.7. The van der Waals surface area contributed by atoms with Gasteiger partial charge in [-0.1, -0.05) is 28.9 Å². The maximum absolute atomic E-state index is 10.9. The molecule has 2 nitrogen and oxygen atoms in total. The molecule has 0 aliphatic carbocycles. The Balaban J connectivity index is 3.76. The maximum Gasteiger partial charge on any atom is 0.319 e. The van der Waals surface area contributed by atoms with Gasteiger partial charge < -0.3 is 4.74 Å². The Kier molecular flexibility index (Phi) is 5.20. The van der Waals surface area contributed by atoms with Crippen LogP contribution in [0.15, 0.2) is 12.7 Å². The van der Waals surface area contributed by atoms with E-state index in [-0.39, 0.29) is 10.8 Å². The van der Waals surface area contributed by atoms with E-state index in [0.717, 1.165) is 6.42 Å². The highest BCUT2D eigenvalue weighted by molar-refractivity contribution is 9.10. The smallest absolute Gasteiger partial charge is 0.319 e. The molecule has 0 aliphatic heterocycles. The summed E-state index contributed by atoms with van der Waals surface area (Å²) in [6.45, 7) is 5.63. The third-order valence-electron chi connectivity index (χ3n) is 1.44. The summed E-state index contributed by atoms with van der Waals surface area (Å²) in [5.41, 5.74) is 0. The van der Waals surface area contributed by atoms with Crippen LogP contribution < -0.4 is 0 Å². The second-order valence-electron chi connectivity index (χ2n) is 2.44. The highest BCUT2D eigenvalue weighted by atomic mass is 79.9. The van der Waals surface area contributed by atoms with Crippen molar-refractivity contribution in [2.45, 2.75) is 18.2 Å². The van der Waals surface area contributed by atoms with Crippen LogP contribution in [0.2, 0.25) is 0 Å². The molecule has 0 radical (unpaired) electrons. The molecule has 3 heteroatoms. The van der Waals surface area contributed by atoms with Crippen LogP contribution in [-0.2, 0) is 9.53 Å². The Labute approximate surface area is 75.7 Å². The number of hydrogen-bond donors (Lipinski definition) is 0. The zero-order valence-corrected chi connectivity index (χ0v) is 8.43. The fourth-order valence-corrected chi connectivity index (χ4v) is 1.42. The molecule has 0 N–H and O–H groups in total. The first-order valence-electron chi connectivity index (χ1n) is 3.46. The molecule has 0 saturated heterocycles. The van der Waals surface area contributed by atoms with Gasteiger partial charge in [-0.15, -0.1) is 6.58 Å². The summed E-state index contributed by atoms with van der Waals surface area (Å²) in [5, 5.41) is 0. The fraction of sp³-hybridized carbons (Fsp3) is 0.625. The lowest BCUT2D eigenvalue weighted by Gasteiger charge is -2.09. The minimum atomic E-state index is -0.223. The molecule has 0 amide bonds. The molecule has 0 heterocycles. The molecule has 0 bridgehead atoms. The van der Waals surface area contributed by atoms with E-state index in [2.05, 4.69) is 27.2 Å². The number of alkyl halides is 1. The van der Waals surface area contributed by atoms with Crippen LogP contribution in [0, 0.1) is 5.92 Å². The average Bonchev–Trinajstić information content (AvgIpc) is 2.02. The van der Waals surface area contributed by atoms with E-state index >= 15 is 0 Å². The lowest BCUT2D eigenvalue weighted by molar-refractivity contribution is -0.140. The van der Waals surface area contributed by atoms with Crippen molar-refractivity contribution < 1.29 is 9.53 Å². The summed E-state index contributed by atoms with van der Waals surface area (Å²) < 4.78 is 4.54. The molecule has 0 unspecified atom stereocenters. The van der Waals surface area contributed by atoms with E-state index < -0.39 is 0 Å². The van der Waals surface area contributed by atoms with Crippen molar-refractivity contribution in [1.29, 1.82) is 0 Å². The van der Waals surface area contributed by atoms with Crippen molar-refractivity contribution in [2.75, 3.05) is 7.11 Å². The summed E-state index contributed by atoms with van der Waals surface area (Å²) in [6, 6.07) is 0. The van der Waals surface area contributed by atoms with Gasteiger partial charge in [0.15, 0.2) is 0 Å². The summed E-state index contributed by atoms with van der Waals surface area (Å²) in [7, 11) is 1.38. The molecular weight excluding hydrogens is 208 g/mol. The number of halogens is 1. The van der Waals surface area contributed by atoms with Crippen LogP contribution in [-0.4, -0.2) is 17.9 Å². The van der Waals surface area contributed by atoms with Crippen molar-refractivity contribution >= 4 is 21.9 Å². The maximum atomic E-state index is 10.9. The van der Waals surface area contributed by atoms with E-state index in [1.165, 1.54) is 7.11 Å². The Bertz CT molecular complexity index is 145. The number of rotatable bonds is 4. The van der Waals surface area contributed by atoms with E-state index in [1.54, 1.807) is 0 Å². The van der Waals surface area contributed by atoms with Crippen molar-refractivity contribution in [1.82, 2.24) is 0 Å². The number of esters is 1. The molecule has 0 aromatic carbocycles. The SMILES string of the molecule is C=C[C@@H](C)C[C@@H](Br)C(=O)OC. The van der Waals surface area contributed by atoms with Gasteiger partial charge in [-0.3, -0.25) is 4.79 Å². The molecule has 0 rings (SSSR count). The third kappa shape index (κ3) is 4.19. The lowest BCUT2D eigenvalue weighted by atomic mass is 10.1. The van der Waals surface area contributed by atoms with Gasteiger partial charge in [-0.25, -0.2) is 0 Å². The molecule has 0 aromatic heterocycles. The number of allylic oxidation sites excluding steroid dienone is 1. The van der Waals surface area contributed by atoms with Crippen molar-refractivity contribution in [3.63, 3.8) is 0 Å². The number of ether oxygens (including phenoxy) is 1. The first-order chi connectivity index (χ1) is 5.11. The normalized spacial score (nSPS) is 15.2. The average molecular weight is 221 g/mol. The standard InChI is InChI=1S/C8H13BrO2/c1-4-6(2)5-7(9)8(10)11-3/h4,6-7H,1,5H2,2-3H3/t6-,7-/m1/s1. The topological polar surface area (TPSA) is 26.3 Å². The molecule has 0 spiro atoms. The molecule has 2 atom stereocenters. The molecule has 0 saturated carbocycles. The number of carbonyl (C=O) groups is 1. The molecule has 0 fully saturated rings. The molecular formula is C8H13BrO2. The molecule has 0 aromatic rings. The molecule has 0 aliphatic rings. The summed E-state index contributed by atoms with van der Waals surface area (Å²) in [5.74, 6) is 0.108. The first-order valence-corrected chi connectivity index (χ1v) is 4.37. The third-order valence-corrected chi connectivity index (χ3v) is 2.19. The Morgan fingerprint density at radius 3 is 2.73 bits per heavy atom. The summed E-state index contributed by atoms with van der Waals surface area (Å²) in [6.07, 6.45) is 2.55.